The third-order valence-electron chi connectivity index (χ3n) is 11.1. The zero-order valence-electron chi connectivity index (χ0n) is 40.3. The first-order chi connectivity index (χ1) is 29.2. The predicted molar refractivity (Wildman–Crippen MR) is 239 cm³/mol. The second-order valence-corrected chi connectivity index (χ2v) is 19.7. The van der Waals surface area contributed by atoms with Crippen LogP contribution in [-0.2, 0) is 48.6 Å². The second-order valence-electron chi connectivity index (χ2n) is 19.7. The van der Waals surface area contributed by atoms with Gasteiger partial charge in [-0.15, -0.1) is 17.0 Å². The quantitative estimate of drug-likeness (QED) is 0.127. The fraction of sp³-hybridized carbons (Fsp3) is 0.327. The summed E-state index contributed by atoms with van der Waals surface area (Å²) in [5, 5.41) is 1.55. The smallest absolute Gasteiger partial charge is 0.318 e. The average molecular weight is 985 g/mol. The van der Waals surface area contributed by atoms with Gasteiger partial charge in [-0.05, 0) is 55.4 Å². The van der Waals surface area contributed by atoms with Crippen molar-refractivity contribution < 1.29 is 35.3 Å². The first kappa shape index (κ1) is 37.9. The summed E-state index contributed by atoms with van der Waals surface area (Å²) in [4.78, 5) is 9.08. The van der Waals surface area contributed by atoms with Gasteiger partial charge in [-0.1, -0.05) is 147 Å². The molecule has 60 heavy (non-hydrogen) atoms. The third-order valence-corrected chi connectivity index (χ3v) is 11.1. The van der Waals surface area contributed by atoms with Crippen molar-refractivity contribution in [1.82, 2.24) is 23.7 Å². The van der Waals surface area contributed by atoms with Gasteiger partial charge in [0.1, 0.15) is 11.5 Å². The maximum absolute atomic E-state index is 17.7. The van der Waals surface area contributed by atoms with Gasteiger partial charge in [0.25, 0.3) is 17.3 Å². The summed E-state index contributed by atoms with van der Waals surface area (Å²) < 4.78 is 76.4. The summed E-state index contributed by atoms with van der Waals surface area (Å²) in [5.41, 5.74) is 3.35. The van der Waals surface area contributed by atoms with E-state index in [1.165, 1.54) is 16.7 Å². The van der Waals surface area contributed by atoms with E-state index in [-0.39, 0.29) is 61.2 Å². The van der Waals surface area contributed by atoms with Gasteiger partial charge in [-0.2, -0.15) is 18.2 Å². The first-order valence-electron chi connectivity index (χ1n) is 22.1. The Kier molecular flexibility index (Phi) is 9.36. The molecule has 0 saturated carbocycles. The van der Waals surface area contributed by atoms with Crippen molar-refractivity contribution in [2.24, 2.45) is 0 Å². The molecular formula is C52H53F2N5Pt+2. The molecule has 1 aliphatic heterocycles. The van der Waals surface area contributed by atoms with Crippen molar-refractivity contribution >= 4 is 50.6 Å². The average Bonchev–Trinajstić information content (AvgIpc) is 3.77. The van der Waals surface area contributed by atoms with Gasteiger partial charge in [0.05, 0.1) is 17.2 Å². The van der Waals surface area contributed by atoms with Crippen molar-refractivity contribution in [2.45, 2.75) is 111 Å². The Morgan fingerprint density at radius 3 is 1.92 bits per heavy atom. The number of pyridine rings is 2. The molecule has 8 rings (SSSR count). The Balaban J connectivity index is 0.00000612. The molecule has 308 valence electrons. The number of benzene rings is 4. The Morgan fingerprint density at radius 2 is 1.30 bits per heavy atom. The van der Waals surface area contributed by atoms with E-state index in [4.69, 9.17) is 7.73 Å². The minimum absolute atomic E-state index is 0. The Morgan fingerprint density at radius 1 is 0.667 bits per heavy atom. The van der Waals surface area contributed by atoms with Crippen LogP contribution in [0, 0.1) is 12.1 Å². The molecule has 5 nitrogen and oxygen atoms in total. The fourth-order valence-corrected chi connectivity index (χ4v) is 7.79. The van der Waals surface area contributed by atoms with Crippen LogP contribution in [0.5, 0.6) is 0 Å². The molecule has 0 fully saturated rings. The Bertz CT molecular complexity index is 3090. The van der Waals surface area contributed by atoms with E-state index in [9.17, 15) is 2.74 Å². The number of nitrogens with zero attached hydrogens (tertiary/aromatic N) is 5. The van der Waals surface area contributed by atoms with Crippen LogP contribution in [0.4, 0.5) is 31.5 Å². The number of para-hydroxylation sites is 3. The van der Waals surface area contributed by atoms with E-state index < -0.39 is 39.8 Å². The molecular weight excluding hydrogens is 928 g/mol. The van der Waals surface area contributed by atoms with E-state index in [0.29, 0.717) is 22.4 Å². The van der Waals surface area contributed by atoms with Crippen LogP contribution in [0.15, 0.2) is 103 Å². The van der Waals surface area contributed by atoms with Crippen molar-refractivity contribution in [2.75, 3.05) is 0 Å². The minimum atomic E-state index is -3.64. The van der Waals surface area contributed by atoms with Gasteiger partial charge in [0, 0.05) is 35.6 Å². The number of aromatic nitrogens is 3. The molecule has 0 saturated heterocycles. The fourth-order valence-electron chi connectivity index (χ4n) is 7.79. The maximum Gasteiger partial charge on any atom is 2.00 e. The van der Waals surface area contributed by atoms with Gasteiger partial charge in [0.15, 0.2) is 0 Å². The maximum atomic E-state index is 17.7. The van der Waals surface area contributed by atoms with Crippen molar-refractivity contribution in [3.8, 4) is 5.82 Å². The second kappa shape index (κ2) is 14.8. The van der Waals surface area contributed by atoms with Gasteiger partial charge in [-0.25, -0.2) is 13.8 Å². The zero-order chi connectivity index (χ0) is 45.9. The SMILES string of the molecule is [2H]c1c([2H])c([2H])c2c(c1[2H])[N+](c1[c-]c(C(F)(F)c3[c-]c4c(cc3)c3ccncc3n4-c3cc(C(C)(C)C)ccn3)cc(C(C)(C)C)c1)=C=[N+]2c1c(C(C)(C)C)cccc1C(C)(C)C.[Pt+2]. The number of halogens is 2. The number of hydrogen-bond donors (Lipinski definition) is 0. The predicted octanol–water partition coefficient (Wildman–Crippen LogP) is 13.4. The summed E-state index contributed by atoms with van der Waals surface area (Å²) >= 11 is 0. The molecule has 7 aromatic rings. The van der Waals surface area contributed by atoms with E-state index in [1.54, 1.807) is 35.3 Å². The molecule has 0 N–H and O–H groups in total. The summed E-state index contributed by atoms with van der Waals surface area (Å²) in [5.74, 6) is -3.08. The summed E-state index contributed by atoms with van der Waals surface area (Å²) in [7, 11) is 0. The molecule has 0 bridgehead atoms. The monoisotopic (exact) mass is 984 g/mol. The molecule has 1 aliphatic rings. The third kappa shape index (κ3) is 7.50. The molecule has 0 aliphatic carbocycles. The summed E-state index contributed by atoms with van der Waals surface area (Å²) in [6.45, 7) is 24.7. The number of fused-ring (bicyclic) bond motifs is 4. The number of rotatable bonds is 5. The van der Waals surface area contributed by atoms with E-state index in [1.807, 2.05) is 61.7 Å². The van der Waals surface area contributed by atoms with E-state index >= 15 is 8.78 Å². The molecule has 8 heteroatoms. The van der Waals surface area contributed by atoms with Crippen molar-refractivity contribution in [3.63, 3.8) is 0 Å². The Hall–Kier alpha value is -5.09. The molecule has 0 unspecified atom stereocenters. The van der Waals surface area contributed by atoms with Crippen LogP contribution >= 0.6 is 0 Å². The molecule has 0 atom stereocenters. The zero-order valence-corrected chi connectivity index (χ0v) is 38.6. The topological polar surface area (TPSA) is 36.7 Å². The van der Waals surface area contributed by atoms with Crippen LogP contribution in [0.2, 0.25) is 0 Å². The number of alkyl halides is 2. The Labute approximate surface area is 373 Å². The standard InChI is InChI=1S/C52H53F2N5.Pt/c1-48(2,3)33-22-25-56-46(30-33)59-44-29-34(20-21-38(44)39-23-24-55-31-45(39)59)52(53,54)36-26-35(49(4,5)6)27-37(28-36)57-32-58(43-19-14-13-18-42(43)57)47-40(50(7,8)9)16-15-17-41(47)51(10,11)12;/h13-27,30-31H,1-12H3;/q;+2/i13D,14D,18D,19D;. The van der Waals surface area contributed by atoms with Crippen LogP contribution in [-0.4, -0.2) is 20.5 Å². The minimum Gasteiger partial charge on any atom is -0.318 e. The normalized spacial score (nSPS) is 14.6. The van der Waals surface area contributed by atoms with Gasteiger partial charge < -0.3 is 4.57 Å². The first-order valence-corrected chi connectivity index (χ1v) is 20.1. The van der Waals surface area contributed by atoms with Crippen LogP contribution in [0.1, 0.15) is 122 Å². The van der Waals surface area contributed by atoms with Crippen LogP contribution < -0.4 is 9.15 Å². The van der Waals surface area contributed by atoms with Crippen molar-refractivity contribution in [3.05, 3.63) is 149 Å². The summed E-state index contributed by atoms with van der Waals surface area (Å²) in [6.07, 6.45) is 5.12. The van der Waals surface area contributed by atoms with Gasteiger partial charge >= 0.3 is 27.1 Å². The number of hydrogen-bond acceptors (Lipinski definition) is 2. The largest absolute Gasteiger partial charge is 2.00 e. The molecule has 0 amide bonds. The van der Waals surface area contributed by atoms with E-state index in [2.05, 4.69) is 85.4 Å². The molecule has 3 aromatic heterocycles. The van der Waals surface area contributed by atoms with E-state index in [0.717, 1.165) is 33.2 Å². The molecule has 0 spiro atoms. The van der Waals surface area contributed by atoms with Crippen molar-refractivity contribution in [1.29, 1.82) is 0 Å². The molecule has 0 radical (unpaired) electrons. The van der Waals surface area contributed by atoms with Crippen LogP contribution in [0.3, 0.4) is 0 Å². The van der Waals surface area contributed by atoms with Gasteiger partial charge in [-0.3, -0.25) is 4.98 Å². The van der Waals surface area contributed by atoms with Crippen LogP contribution in [0.25, 0.3) is 27.6 Å². The molecule has 4 aromatic carbocycles. The molecule has 4 heterocycles. The van der Waals surface area contributed by atoms with Gasteiger partial charge in [0.2, 0.25) is 5.69 Å². The summed E-state index contributed by atoms with van der Waals surface area (Å²) in [6, 6.07) is 26.3.